The number of carbonyl (C=O) groups excluding carboxylic acids is 3. The van der Waals surface area contributed by atoms with Crippen LogP contribution in [0.3, 0.4) is 0 Å². The highest BCUT2D eigenvalue weighted by Gasteiger charge is 2.40. The Hall–Kier alpha value is -4.61. The summed E-state index contributed by atoms with van der Waals surface area (Å²) < 4.78 is 21.3. The summed E-state index contributed by atoms with van der Waals surface area (Å²) in [4.78, 5) is 45.5. The highest BCUT2D eigenvalue weighted by atomic mass is 79.9. The van der Waals surface area contributed by atoms with E-state index in [9.17, 15) is 18.8 Å². The van der Waals surface area contributed by atoms with Crippen LogP contribution in [0.1, 0.15) is 42.9 Å². The van der Waals surface area contributed by atoms with E-state index >= 15 is 0 Å². The molecule has 4 aromatic carbocycles. The molecule has 1 unspecified atom stereocenters. The van der Waals surface area contributed by atoms with E-state index in [1.807, 2.05) is 60.7 Å². The molecule has 6 rings (SSSR count). The second-order valence-electron chi connectivity index (χ2n) is 11.9. The summed E-state index contributed by atoms with van der Waals surface area (Å²) in [6.45, 7) is 0.695. The van der Waals surface area contributed by atoms with Crippen molar-refractivity contribution < 1.29 is 23.5 Å². The number of ether oxygens (including phenoxy) is 1. The van der Waals surface area contributed by atoms with Crippen molar-refractivity contribution >= 4 is 55.4 Å². The number of fused-ring (bicyclic) bond motifs is 1. The molecule has 2 heterocycles. The van der Waals surface area contributed by atoms with Crippen LogP contribution in [0.5, 0.6) is 5.75 Å². The zero-order valence-corrected chi connectivity index (χ0v) is 28.7. The van der Waals surface area contributed by atoms with Gasteiger partial charge >= 0.3 is 6.09 Å². The van der Waals surface area contributed by atoms with E-state index in [1.54, 1.807) is 36.2 Å². The second kappa shape index (κ2) is 14.7. The van der Waals surface area contributed by atoms with Crippen molar-refractivity contribution in [1.82, 2.24) is 20.5 Å². The maximum Gasteiger partial charge on any atom is 0.415 e. The molecule has 1 aliphatic rings. The SMILES string of the molecule is CNC(=O)CC(NC(=O)CC1(c2ccc(F)cc2)CCN(C(=O)Oc2ccc3nc(Br)sc3c2)CC1)c1ccc(-c2ccccc2)cc1. The summed E-state index contributed by atoms with van der Waals surface area (Å²) in [6.07, 6.45) is 0.632. The molecule has 0 spiro atoms. The number of carbonyl (C=O) groups is 3. The van der Waals surface area contributed by atoms with Gasteiger partial charge in [0.25, 0.3) is 0 Å². The summed E-state index contributed by atoms with van der Waals surface area (Å²) in [5.41, 5.74) is 3.89. The van der Waals surface area contributed by atoms with E-state index in [0.717, 1.165) is 36.4 Å². The fraction of sp³-hybridized carbons (Fsp3) is 0.243. The van der Waals surface area contributed by atoms with Crippen LogP contribution in [0.4, 0.5) is 9.18 Å². The molecule has 0 aliphatic carbocycles. The molecular formula is C37H34BrFN4O4S. The molecule has 1 saturated heterocycles. The van der Waals surface area contributed by atoms with Crippen molar-refractivity contribution in [2.75, 3.05) is 20.1 Å². The first-order valence-electron chi connectivity index (χ1n) is 15.7. The monoisotopic (exact) mass is 728 g/mol. The van der Waals surface area contributed by atoms with Gasteiger partial charge in [0.05, 0.1) is 22.7 Å². The molecule has 0 bridgehead atoms. The van der Waals surface area contributed by atoms with Gasteiger partial charge in [-0.05, 0) is 75.3 Å². The quantitative estimate of drug-likeness (QED) is 0.162. The molecule has 1 fully saturated rings. The van der Waals surface area contributed by atoms with Gasteiger partial charge in [-0.1, -0.05) is 66.7 Å². The van der Waals surface area contributed by atoms with E-state index in [1.165, 1.54) is 23.5 Å². The molecule has 2 N–H and O–H groups in total. The van der Waals surface area contributed by atoms with Crippen molar-refractivity contribution in [3.8, 4) is 16.9 Å². The van der Waals surface area contributed by atoms with Gasteiger partial charge in [0, 0.05) is 38.0 Å². The molecule has 0 radical (unpaired) electrons. The number of hydrogen-bond donors (Lipinski definition) is 2. The fourth-order valence-electron chi connectivity index (χ4n) is 6.22. The Kier molecular flexibility index (Phi) is 10.2. The molecule has 3 amide bonds. The third kappa shape index (κ3) is 7.74. The average Bonchev–Trinajstić information content (AvgIpc) is 3.48. The summed E-state index contributed by atoms with van der Waals surface area (Å²) >= 11 is 4.84. The predicted molar refractivity (Wildman–Crippen MR) is 188 cm³/mol. The first-order valence-corrected chi connectivity index (χ1v) is 17.3. The molecule has 5 aromatic rings. The van der Waals surface area contributed by atoms with Crippen LogP contribution in [0.2, 0.25) is 0 Å². The fourth-order valence-corrected chi connectivity index (χ4v) is 7.66. The number of benzene rings is 4. The number of hydrogen-bond acceptors (Lipinski definition) is 6. The number of piperidine rings is 1. The Morgan fingerprint density at radius 1 is 0.938 bits per heavy atom. The Labute approximate surface area is 290 Å². The number of thiazole rings is 1. The van der Waals surface area contributed by atoms with E-state index in [4.69, 9.17) is 4.74 Å². The largest absolute Gasteiger partial charge is 0.415 e. The highest BCUT2D eigenvalue weighted by molar-refractivity contribution is 9.11. The lowest BCUT2D eigenvalue weighted by Crippen LogP contribution is -2.48. The maximum atomic E-state index is 14.0. The van der Waals surface area contributed by atoms with Crippen LogP contribution < -0.4 is 15.4 Å². The Balaban J connectivity index is 1.17. The number of nitrogens with zero attached hydrogens (tertiary/aromatic N) is 2. The summed E-state index contributed by atoms with van der Waals surface area (Å²) in [5, 5.41) is 5.77. The average molecular weight is 730 g/mol. The van der Waals surface area contributed by atoms with Crippen LogP contribution in [0, 0.1) is 5.82 Å². The van der Waals surface area contributed by atoms with Crippen LogP contribution in [-0.2, 0) is 15.0 Å². The van der Waals surface area contributed by atoms with Gasteiger partial charge in [-0.2, -0.15) is 0 Å². The van der Waals surface area contributed by atoms with Crippen LogP contribution >= 0.6 is 27.3 Å². The zero-order valence-electron chi connectivity index (χ0n) is 26.2. The minimum atomic E-state index is -0.656. The van der Waals surface area contributed by atoms with E-state index in [-0.39, 0.29) is 30.5 Å². The van der Waals surface area contributed by atoms with Gasteiger partial charge in [0.1, 0.15) is 11.6 Å². The summed E-state index contributed by atoms with van der Waals surface area (Å²) in [6, 6.07) is 28.8. The lowest BCUT2D eigenvalue weighted by molar-refractivity contribution is -0.124. The minimum absolute atomic E-state index is 0.0698. The van der Waals surface area contributed by atoms with Crippen LogP contribution in [-0.4, -0.2) is 47.9 Å². The van der Waals surface area contributed by atoms with Gasteiger partial charge in [0.15, 0.2) is 3.92 Å². The molecule has 246 valence electrons. The van der Waals surface area contributed by atoms with Gasteiger partial charge in [-0.25, -0.2) is 14.2 Å². The van der Waals surface area contributed by atoms with Gasteiger partial charge in [-0.3, -0.25) is 9.59 Å². The highest BCUT2D eigenvalue weighted by Crippen LogP contribution is 2.40. The van der Waals surface area contributed by atoms with Crippen LogP contribution in [0.15, 0.2) is 101 Å². The van der Waals surface area contributed by atoms with Crippen molar-refractivity contribution in [1.29, 1.82) is 0 Å². The van der Waals surface area contributed by atoms with Gasteiger partial charge < -0.3 is 20.3 Å². The van der Waals surface area contributed by atoms with Crippen LogP contribution in [0.25, 0.3) is 21.3 Å². The molecular weight excluding hydrogens is 695 g/mol. The Bertz CT molecular complexity index is 1910. The first-order chi connectivity index (χ1) is 23.2. The normalized spacial score (nSPS) is 14.7. The standard InChI is InChI=1S/C37H34BrFN4O4S/c1-40-33(44)22-31(26-9-7-25(8-10-26)24-5-3-2-4-6-24)41-34(45)23-37(27-11-13-28(39)14-12-27)17-19-43(20-18-37)36(46)47-29-15-16-30-32(21-29)48-35(38)42-30/h2-16,21,31H,17-20,22-23H2,1H3,(H,40,44)(H,41,45). The number of halogens is 2. The van der Waals surface area contributed by atoms with Crippen molar-refractivity contribution in [2.45, 2.75) is 37.1 Å². The molecule has 1 atom stereocenters. The van der Waals surface area contributed by atoms with E-state index in [2.05, 4.69) is 31.5 Å². The van der Waals surface area contributed by atoms with E-state index in [0.29, 0.717) is 31.7 Å². The summed E-state index contributed by atoms with van der Waals surface area (Å²) in [5.74, 6) is -0.374. The number of aromatic nitrogens is 1. The first kappa shape index (κ1) is 33.3. The van der Waals surface area contributed by atoms with Gasteiger partial charge in [-0.15, -0.1) is 11.3 Å². The summed E-state index contributed by atoms with van der Waals surface area (Å²) in [7, 11) is 1.57. The third-order valence-corrected chi connectivity index (χ3v) is 10.4. The van der Waals surface area contributed by atoms with Gasteiger partial charge in [0.2, 0.25) is 11.8 Å². The smallest absolute Gasteiger partial charge is 0.410 e. The van der Waals surface area contributed by atoms with Crippen molar-refractivity contribution in [3.05, 3.63) is 118 Å². The number of likely N-dealkylation sites (tertiary alicyclic amines) is 1. The topological polar surface area (TPSA) is 101 Å². The number of nitrogens with one attached hydrogen (secondary N) is 2. The lowest BCUT2D eigenvalue weighted by atomic mass is 9.70. The molecule has 0 saturated carbocycles. The predicted octanol–water partition coefficient (Wildman–Crippen LogP) is 7.78. The second-order valence-corrected chi connectivity index (χ2v) is 14.2. The Morgan fingerprint density at radius 2 is 1.62 bits per heavy atom. The zero-order chi connectivity index (χ0) is 33.7. The van der Waals surface area contributed by atoms with Crippen molar-refractivity contribution in [3.63, 3.8) is 0 Å². The number of amides is 3. The molecule has 1 aliphatic heterocycles. The van der Waals surface area contributed by atoms with E-state index < -0.39 is 17.6 Å². The lowest BCUT2D eigenvalue weighted by Gasteiger charge is -2.41. The molecule has 48 heavy (non-hydrogen) atoms. The maximum absolute atomic E-state index is 14.0. The molecule has 1 aromatic heterocycles. The number of rotatable bonds is 9. The molecule has 11 heteroatoms. The van der Waals surface area contributed by atoms with Crippen molar-refractivity contribution in [2.24, 2.45) is 0 Å². The molecule has 8 nitrogen and oxygen atoms in total. The third-order valence-electron chi connectivity index (χ3n) is 8.90. The Morgan fingerprint density at radius 3 is 2.31 bits per heavy atom. The minimum Gasteiger partial charge on any atom is -0.410 e.